The van der Waals surface area contributed by atoms with Gasteiger partial charge in [-0.05, 0) is 42.7 Å². The first-order chi connectivity index (χ1) is 12.5. The Morgan fingerprint density at radius 1 is 0.846 bits per heavy atom. The summed E-state index contributed by atoms with van der Waals surface area (Å²) in [7, 11) is 0. The van der Waals surface area contributed by atoms with Crippen molar-refractivity contribution < 1.29 is 19.8 Å². The van der Waals surface area contributed by atoms with Gasteiger partial charge in [-0.3, -0.25) is 9.59 Å². The molecule has 4 heteroatoms. The highest BCUT2D eigenvalue weighted by Gasteiger charge is 2.29. The summed E-state index contributed by atoms with van der Waals surface area (Å²) < 4.78 is 0. The molecule has 2 N–H and O–H groups in total. The van der Waals surface area contributed by atoms with Crippen molar-refractivity contribution in [2.75, 3.05) is 0 Å². The molecule has 0 amide bonds. The minimum Gasteiger partial charge on any atom is -0.507 e. The van der Waals surface area contributed by atoms with E-state index in [1.807, 2.05) is 19.1 Å². The Bertz CT molecular complexity index is 1060. The lowest BCUT2D eigenvalue weighted by Gasteiger charge is -2.21. The first-order valence-electron chi connectivity index (χ1n) is 8.28. The van der Waals surface area contributed by atoms with Crippen LogP contribution in [-0.2, 0) is 6.42 Å². The van der Waals surface area contributed by atoms with Crippen molar-refractivity contribution in [3.8, 4) is 11.5 Å². The zero-order valence-corrected chi connectivity index (χ0v) is 14.1. The Kier molecular flexibility index (Phi) is 3.62. The number of hydrogen-bond donors (Lipinski definition) is 2. The summed E-state index contributed by atoms with van der Waals surface area (Å²) in [6.07, 6.45) is 0.368. The number of phenolic OH excluding ortho intramolecular Hbond substituents is 2. The first-order valence-corrected chi connectivity index (χ1v) is 8.28. The minimum absolute atomic E-state index is 0.0997. The predicted molar refractivity (Wildman–Crippen MR) is 97.1 cm³/mol. The summed E-state index contributed by atoms with van der Waals surface area (Å²) in [5.74, 6) is -0.974. The van der Waals surface area contributed by atoms with Crippen LogP contribution in [0.2, 0.25) is 0 Å². The Morgan fingerprint density at radius 3 is 2.27 bits per heavy atom. The van der Waals surface area contributed by atoms with Crippen LogP contribution in [0.1, 0.15) is 48.5 Å². The molecule has 0 aromatic heterocycles. The van der Waals surface area contributed by atoms with Crippen molar-refractivity contribution in [1.82, 2.24) is 0 Å². The third-order valence-corrected chi connectivity index (χ3v) is 4.74. The van der Waals surface area contributed by atoms with Crippen LogP contribution in [-0.4, -0.2) is 21.8 Å². The summed E-state index contributed by atoms with van der Waals surface area (Å²) in [5.41, 5.74) is 3.55. The summed E-state index contributed by atoms with van der Waals surface area (Å²) in [4.78, 5) is 25.5. The van der Waals surface area contributed by atoms with Gasteiger partial charge in [0.05, 0.1) is 11.1 Å². The molecule has 0 bridgehead atoms. The molecule has 3 aromatic rings. The summed E-state index contributed by atoms with van der Waals surface area (Å²) in [6.45, 7) is 1.94. The number of phenols is 2. The lowest BCUT2D eigenvalue weighted by molar-refractivity contribution is 0.102. The topological polar surface area (TPSA) is 74.6 Å². The fraction of sp³-hybridized carbons (Fsp3) is 0.0909. The maximum atomic E-state index is 12.7. The molecule has 4 rings (SSSR count). The Balaban J connectivity index is 1.81. The van der Waals surface area contributed by atoms with Gasteiger partial charge in [0.2, 0.25) is 5.78 Å². The van der Waals surface area contributed by atoms with E-state index in [0.29, 0.717) is 28.7 Å². The second-order valence-corrected chi connectivity index (χ2v) is 6.54. The van der Waals surface area contributed by atoms with Crippen LogP contribution in [0, 0.1) is 6.92 Å². The highest BCUT2D eigenvalue weighted by Crippen LogP contribution is 2.37. The molecule has 0 aliphatic heterocycles. The van der Waals surface area contributed by atoms with Crippen molar-refractivity contribution in [2.24, 2.45) is 0 Å². The molecular formula is C22H16O4. The van der Waals surface area contributed by atoms with Crippen LogP contribution in [0.4, 0.5) is 0 Å². The quantitative estimate of drug-likeness (QED) is 0.543. The Labute approximate surface area is 150 Å². The molecule has 0 atom stereocenters. The molecular weight excluding hydrogens is 328 g/mol. The average molecular weight is 344 g/mol. The van der Waals surface area contributed by atoms with Crippen molar-refractivity contribution >= 4 is 11.6 Å². The van der Waals surface area contributed by atoms with Gasteiger partial charge in [0.1, 0.15) is 11.5 Å². The molecule has 0 fully saturated rings. The van der Waals surface area contributed by atoms with E-state index in [1.165, 1.54) is 12.1 Å². The molecule has 0 heterocycles. The normalized spacial score (nSPS) is 12.4. The fourth-order valence-electron chi connectivity index (χ4n) is 3.42. The smallest absolute Gasteiger partial charge is 0.201 e. The number of carbonyl (C=O) groups excluding carboxylic acids is 2. The largest absolute Gasteiger partial charge is 0.507 e. The van der Waals surface area contributed by atoms with E-state index in [4.69, 9.17) is 0 Å². The minimum atomic E-state index is -0.425. The molecule has 0 unspecified atom stereocenters. The maximum absolute atomic E-state index is 12.7. The monoisotopic (exact) mass is 344 g/mol. The van der Waals surface area contributed by atoms with Gasteiger partial charge < -0.3 is 10.2 Å². The molecule has 0 spiro atoms. The van der Waals surface area contributed by atoms with Crippen molar-refractivity contribution in [3.63, 3.8) is 0 Å². The van der Waals surface area contributed by atoms with Crippen LogP contribution in [0.15, 0.2) is 54.6 Å². The summed E-state index contributed by atoms with van der Waals surface area (Å²) in [6, 6.07) is 15.1. The van der Waals surface area contributed by atoms with E-state index in [0.717, 1.165) is 5.56 Å². The SMILES string of the molecule is Cc1ccc(C(=O)c2cc(O)c3c(c2)Cc2cccc(O)c2C3=O)cc1. The molecule has 1 aliphatic carbocycles. The van der Waals surface area contributed by atoms with Gasteiger partial charge in [-0.1, -0.05) is 42.0 Å². The molecule has 0 saturated heterocycles. The zero-order chi connectivity index (χ0) is 18.4. The number of aryl methyl sites for hydroxylation is 1. The number of fused-ring (bicyclic) bond motifs is 2. The Hall–Kier alpha value is -3.40. The van der Waals surface area contributed by atoms with Gasteiger partial charge >= 0.3 is 0 Å². The van der Waals surface area contributed by atoms with Crippen LogP contribution >= 0.6 is 0 Å². The third kappa shape index (κ3) is 2.47. The van der Waals surface area contributed by atoms with E-state index in [-0.39, 0.29) is 28.4 Å². The lowest BCUT2D eigenvalue weighted by Crippen LogP contribution is -2.16. The number of aromatic hydroxyl groups is 2. The molecule has 3 aromatic carbocycles. The van der Waals surface area contributed by atoms with Gasteiger partial charge in [-0.2, -0.15) is 0 Å². The van der Waals surface area contributed by atoms with Gasteiger partial charge in [0.15, 0.2) is 5.78 Å². The summed E-state index contributed by atoms with van der Waals surface area (Å²) in [5, 5.41) is 20.4. The van der Waals surface area contributed by atoms with Crippen molar-refractivity contribution in [3.05, 3.63) is 93.5 Å². The fourth-order valence-corrected chi connectivity index (χ4v) is 3.42. The van der Waals surface area contributed by atoms with Gasteiger partial charge in [-0.15, -0.1) is 0 Å². The summed E-state index contributed by atoms with van der Waals surface area (Å²) >= 11 is 0. The average Bonchev–Trinajstić information content (AvgIpc) is 2.61. The highest BCUT2D eigenvalue weighted by atomic mass is 16.3. The van der Waals surface area contributed by atoms with Gasteiger partial charge in [0, 0.05) is 11.1 Å². The van der Waals surface area contributed by atoms with Crippen LogP contribution in [0.25, 0.3) is 0 Å². The second kappa shape index (κ2) is 5.85. The van der Waals surface area contributed by atoms with E-state index < -0.39 is 5.78 Å². The number of carbonyl (C=O) groups is 2. The number of benzene rings is 3. The molecule has 1 aliphatic rings. The third-order valence-electron chi connectivity index (χ3n) is 4.74. The van der Waals surface area contributed by atoms with Crippen molar-refractivity contribution in [2.45, 2.75) is 13.3 Å². The van der Waals surface area contributed by atoms with Gasteiger partial charge in [0.25, 0.3) is 0 Å². The standard InChI is InChI=1S/C22H16O4/c1-12-5-7-13(8-6-12)21(25)16-10-15-9-14-3-2-4-17(23)19(14)22(26)20(15)18(24)11-16/h2-8,10-11,23-24H,9H2,1H3. The lowest BCUT2D eigenvalue weighted by atomic mass is 9.82. The van der Waals surface area contributed by atoms with Crippen LogP contribution in [0.3, 0.4) is 0 Å². The zero-order valence-electron chi connectivity index (χ0n) is 14.1. The molecule has 26 heavy (non-hydrogen) atoms. The van der Waals surface area contributed by atoms with E-state index >= 15 is 0 Å². The van der Waals surface area contributed by atoms with Crippen LogP contribution in [0.5, 0.6) is 11.5 Å². The molecule has 0 saturated carbocycles. The second-order valence-electron chi connectivity index (χ2n) is 6.54. The van der Waals surface area contributed by atoms with Gasteiger partial charge in [-0.25, -0.2) is 0 Å². The number of hydrogen-bond acceptors (Lipinski definition) is 4. The highest BCUT2D eigenvalue weighted by molar-refractivity contribution is 6.17. The first kappa shape index (κ1) is 16.1. The molecule has 0 radical (unpaired) electrons. The van der Waals surface area contributed by atoms with Crippen LogP contribution < -0.4 is 0 Å². The van der Waals surface area contributed by atoms with E-state index in [9.17, 15) is 19.8 Å². The van der Waals surface area contributed by atoms with E-state index in [1.54, 1.807) is 30.3 Å². The molecule has 4 nitrogen and oxygen atoms in total. The number of rotatable bonds is 2. The van der Waals surface area contributed by atoms with Crippen molar-refractivity contribution in [1.29, 1.82) is 0 Å². The van der Waals surface area contributed by atoms with E-state index in [2.05, 4.69) is 0 Å². The maximum Gasteiger partial charge on any atom is 0.201 e. The Morgan fingerprint density at radius 2 is 1.54 bits per heavy atom. The predicted octanol–water partition coefficient (Wildman–Crippen LogP) is 3.77. The number of ketones is 2. The molecule has 128 valence electrons.